The molecule has 1 aromatic rings. The summed E-state index contributed by atoms with van der Waals surface area (Å²) in [6.45, 7) is 1.76. The van der Waals surface area contributed by atoms with Crippen LogP contribution in [0.1, 0.15) is 43.8 Å². The molecule has 3 aliphatic rings. The Morgan fingerprint density at radius 3 is 2.18 bits per heavy atom. The molecular weight excluding hydrogens is 375 g/mol. The second-order valence-electron chi connectivity index (χ2n) is 7.84. The Morgan fingerprint density at radius 1 is 1.04 bits per heavy atom. The quantitative estimate of drug-likeness (QED) is 0.772. The van der Waals surface area contributed by atoms with Crippen LogP contribution in [0.2, 0.25) is 0 Å². The number of amides is 1. The van der Waals surface area contributed by atoms with Crippen LogP contribution in [0.3, 0.4) is 0 Å². The number of methoxy groups -OCH3 is 1. The normalized spacial score (nSPS) is 25.0. The van der Waals surface area contributed by atoms with Gasteiger partial charge in [0.05, 0.1) is 18.6 Å². The topological polar surface area (TPSA) is 48.0 Å². The fourth-order valence-corrected chi connectivity index (χ4v) is 4.71. The molecule has 28 heavy (non-hydrogen) atoms. The molecular formula is C20H24F3NO4. The zero-order valence-electron chi connectivity index (χ0n) is 15.8. The molecule has 2 spiro atoms. The molecule has 154 valence electrons. The smallest absolute Gasteiger partial charge is 0.367 e. The minimum atomic E-state index is -4.48. The van der Waals surface area contributed by atoms with E-state index in [2.05, 4.69) is 4.74 Å². The summed E-state index contributed by atoms with van der Waals surface area (Å²) in [5, 5.41) is 0. The maximum Gasteiger partial charge on any atom is 0.418 e. The van der Waals surface area contributed by atoms with E-state index in [0.29, 0.717) is 51.1 Å². The number of rotatable bonds is 3. The average molecular weight is 399 g/mol. The Bertz CT molecular complexity index is 718. The summed E-state index contributed by atoms with van der Waals surface area (Å²) in [7, 11) is 1.04. The van der Waals surface area contributed by atoms with Gasteiger partial charge in [-0.2, -0.15) is 13.2 Å². The molecule has 8 heteroatoms. The lowest BCUT2D eigenvalue weighted by Crippen LogP contribution is -2.44. The number of ether oxygens (including phenoxy) is 3. The summed E-state index contributed by atoms with van der Waals surface area (Å²) in [6.07, 6.45) is -2.89. The van der Waals surface area contributed by atoms with E-state index in [4.69, 9.17) is 9.47 Å². The Balaban J connectivity index is 1.47. The Kier molecular flexibility index (Phi) is 4.92. The van der Waals surface area contributed by atoms with Crippen molar-refractivity contribution in [1.82, 2.24) is 0 Å². The third kappa shape index (κ3) is 3.31. The highest BCUT2D eigenvalue weighted by atomic mass is 19.4. The molecule has 3 fully saturated rings. The molecule has 0 aromatic heterocycles. The lowest BCUT2D eigenvalue weighted by Gasteiger charge is -2.40. The first-order valence-electron chi connectivity index (χ1n) is 9.58. The molecule has 2 saturated heterocycles. The number of alkyl halides is 3. The van der Waals surface area contributed by atoms with Gasteiger partial charge in [0.15, 0.2) is 11.9 Å². The van der Waals surface area contributed by atoms with E-state index >= 15 is 0 Å². The number of hydrogen-bond acceptors (Lipinski definition) is 4. The van der Waals surface area contributed by atoms with Crippen molar-refractivity contribution in [1.29, 1.82) is 0 Å². The molecule has 1 aliphatic carbocycles. The van der Waals surface area contributed by atoms with Crippen LogP contribution < -0.4 is 4.90 Å². The maximum absolute atomic E-state index is 13.2. The molecule has 1 amide bonds. The Hall–Kier alpha value is -1.64. The van der Waals surface area contributed by atoms with Crippen LogP contribution in [-0.2, 0) is 19.0 Å². The SMILES string of the molecule is CO[C@H](c1ccc(N2CCC3(CCC4(CC3)OCCO4)C2=O)cc1)C(F)(F)F. The van der Waals surface area contributed by atoms with Crippen molar-refractivity contribution in [2.45, 2.75) is 50.2 Å². The third-order valence-electron chi connectivity index (χ3n) is 6.34. The number of nitrogens with zero attached hydrogens (tertiary/aromatic N) is 1. The fraction of sp³-hybridized carbons (Fsp3) is 0.650. The minimum absolute atomic E-state index is 0.0234. The van der Waals surface area contributed by atoms with Crippen molar-refractivity contribution in [3.63, 3.8) is 0 Å². The van der Waals surface area contributed by atoms with E-state index in [1.54, 1.807) is 17.0 Å². The van der Waals surface area contributed by atoms with Gasteiger partial charge in [0, 0.05) is 32.2 Å². The van der Waals surface area contributed by atoms with E-state index in [9.17, 15) is 18.0 Å². The van der Waals surface area contributed by atoms with Gasteiger partial charge in [-0.05, 0) is 37.0 Å². The van der Waals surface area contributed by atoms with Gasteiger partial charge in [0.1, 0.15) is 0 Å². The van der Waals surface area contributed by atoms with Gasteiger partial charge < -0.3 is 19.1 Å². The third-order valence-corrected chi connectivity index (χ3v) is 6.34. The lowest BCUT2D eigenvalue weighted by atomic mass is 9.71. The highest BCUT2D eigenvalue weighted by Crippen LogP contribution is 2.50. The van der Waals surface area contributed by atoms with Gasteiger partial charge in [-0.3, -0.25) is 4.79 Å². The van der Waals surface area contributed by atoms with Crippen LogP contribution >= 0.6 is 0 Å². The zero-order chi connectivity index (χ0) is 20.0. The second kappa shape index (κ2) is 7.00. The fourth-order valence-electron chi connectivity index (χ4n) is 4.71. The first kappa shape index (κ1) is 19.7. The number of halogens is 3. The maximum atomic E-state index is 13.2. The molecule has 0 N–H and O–H groups in total. The molecule has 1 saturated carbocycles. The van der Waals surface area contributed by atoms with E-state index in [-0.39, 0.29) is 11.5 Å². The number of carbonyl (C=O) groups is 1. The number of carbonyl (C=O) groups excluding carboxylic acids is 1. The van der Waals surface area contributed by atoms with Crippen LogP contribution in [0.4, 0.5) is 18.9 Å². The van der Waals surface area contributed by atoms with Crippen molar-refractivity contribution in [3.8, 4) is 0 Å². The predicted octanol–water partition coefficient (Wildman–Crippen LogP) is 3.98. The van der Waals surface area contributed by atoms with Crippen molar-refractivity contribution in [2.75, 3.05) is 31.8 Å². The molecule has 0 radical (unpaired) electrons. The molecule has 2 heterocycles. The summed E-state index contributed by atoms with van der Waals surface area (Å²) in [6, 6.07) is 5.89. The van der Waals surface area contributed by atoms with E-state index in [0.717, 1.165) is 13.5 Å². The number of anilines is 1. The van der Waals surface area contributed by atoms with Gasteiger partial charge in [-0.25, -0.2) is 0 Å². The van der Waals surface area contributed by atoms with Crippen LogP contribution in [0.15, 0.2) is 24.3 Å². The monoisotopic (exact) mass is 399 g/mol. The van der Waals surface area contributed by atoms with Crippen LogP contribution in [-0.4, -0.2) is 44.7 Å². The van der Waals surface area contributed by atoms with E-state index in [1.807, 2.05) is 0 Å². The minimum Gasteiger partial charge on any atom is -0.367 e. The molecule has 5 nitrogen and oxygen atoms in total. The van der Waals surface area contributed by atoms with Crippen molar-refractivity contribution in [3.05, 3.63) is 29.8 Å². The molecule has 0 unspecified atom stereocenters. The largest absolute Gasteiger partial charge is 0.418 e. The zero-order valence-corrected chi connectivity index (χ0v) is 15.8. The summed E-state index contributed by atoms with van der Waals surface area (Å²) in [4.78, 5) is 14.8. The van der Waals surface area contributed by atoms with Gasteiger partial charge in [0.25, 0.3) is 0 Å². The highest BCUT2D eigenvalue weighted by molar-refractivity contribution is 6.00. The van der Waals surface area contributed by atoms with Crippen molar-refractivity contribution < 1.29 is 32.2 Å². The van der Waals surface area contributed by atoms with Crippen molar-refractivity contribution >= 4 is 11.6 Å². The number of benzene rings is 1. The first-order chi connectivity index (χ1) is 13.3. The summed E-state index contributed by atoms with van der Waals surface area (Å²) >= 11 is 0. The Morgan fingerprint density at radius 2 is 1.64 bits per heavy atom. The summed E-state index contributed by atoms with van der Waals surface area (Å²) < 4.78 is 55.2. The van der Waals surface area contributed by atoms with Crippen LogP contribution in [0, 0.1) is 5.41 Å². The summed E-state index contributed by atoms with van der Waals surface area (Å²) in [5.41, 5.74) is 0.229. The molecule has 2 aliphatic heterocycles. The highest BCUT2D eigenvalue weighted by Gasteiger charge is 2.53. The van der Waals surface area contributed by atoms with Crippen LogP contribution in [0.25, 0.3) is 0 Å². The molecule has 4 rings (SSSR count). The standard InChI is InChI=1S/C20H24F3NO4/c1-26-16(20(21,22)23)14-2-4-15(5-3-14)24-11-10-18(17(24)25)6-8-19(9-7-18)27-12-13-28-19/h2-5,16H,6-13H2,1H3/t16-/m1/s1. The van der Waals surface area contributed by atoms with Gasteiger partial charge in [-0.1, -0.05) is 12.1 Å². The molecule has 0 bridgehead atoms. The number of hydrogen-bond donors (Lipinski definition) is 0. The molecule has 1 atom stereocenters. The van der Waals surface area contributed by atoms with Gasteiger partial charge in [0.2, 0.25) is 5.91 Å². The Labute approximate surface area is 161 Å². The average Bonchev–Trinajstić information content (AvgIpc) is 3.24. The predicted molar refractivity (Wildman–Crippen MR) is 94.8 cm³/mol. The summed E-state index contributed by atoms with van der Waals surface area (Å²) in [5.74, 6) is -0.472. The first-order valence-corrected chi connectivity index (χ1v) is 9.58. The lowest BCUT2D eigenvalue weighted by molar-refractivity contribution is -0.216. The molecule has 1 aromatic carbocycles. The van der Waals surface area contributed by atoms with Crippen molar-refractivity contribution in [2.24, 2.45) is 5.41 Å². The van der Waals surface area contributed by atoms with E-state index < -0.39 is 23.5 Å². The second-order valence-corrected chi connectivity index (χ2v) is 7.84. The van der Waals surface area contributed by atoms with Crippen LogP contribution in [0.5, 0.6) is 0 Å². The van der Waals surface area contributed by atoms with Gasteiger partial charge >= 0.3 is 6.18 Å². The van der Waals surface area contributed by atoms with Gasteiger partial charge in [-0.15, -0.1) is 0 Å². The van der Waals surface area contributed by atoms with E-state index in [1.165, 1.54) is 12.1 Å².